The molecule has 1 aromatic carbocycles. The summed E-state index contributed by atoms with van der Waals surface area (Å²) < 4.78 is 16.0. The number of hydrogen-bond acceptors (Lipinski definition) is 4. The lowest BCUT2D eigenvalue weighted by Gasteiger charge is -2.14. The average Bonchev–Trinajstić information content (AvgIpc) is 2.16. The van der Waals surface area contributed by atoms with Crippen LogP contribution in [0.2, 0.25) is 0 Å². The third-order valence-electron chi connectivity index (χ3n) is 2.05. The first-order valence-corrected chi connectivity index (χ1v) is 5.19. The Morgan fingerprint density at radius 1 is 1.50 bits per heavy atom. The smallest absolute Gasteiger partial charge is 0.273 e. The normalized spacial score (nSPS) is 20.1. The molecule has 0 bridgehead atoms. The zero-order valence-electron chi connectivity index (χ0n) is 7.13. The minimum absolute atomic E-state index is 0.0270. The Morgan fingerprint density at radius 2 is 2.29 bits per heavy atom. The summed E-state index contributed by atoms with van der Waals surface area (Å²) in [7, 11) is 0. The zero-order valence-corrected chi connectivity index (χ0v) is 7.95. The van der Waals surface area contributed by atoms with Crippen molar-refractivity contribution in [3.63, 3.8) is 0 Å². The monoisotopic (exact) mass is 213 g/mol. The van der Waals surface area contributed by atoms with E-state index in [1.54, 1.807) is 12.1 Å². The Bertz CT molecular complexity index is 418. The molecule has 1 aliphatic heterocycles. The second kappa shape index (κ2) is 3.47. The van der Waals surface area contributed by atoms with Gasteiger partial charge in [0, 0.05) is 6.07 Å². The molecule has 5 nitrogen and oxygen atoms in total. The highest BCUT2D eigenvalue weighted by atomic mass is 32.2. The van der Waals surface area contributed by atoms with Crippen LogP contribution in [0.15, 0.2) is 18.2 Å². The standard InChI is InChI=1S/C8H7NO4S/c10-9(11)8-3-1-2-6-4-13-14(12)5-7(6)8/h1-3H,4-5H2. The van der Waals surface area contributed by atoms with Gasteiger partial charge in [0.2, 0.25) is 0 Å². The van der Waals surface area contributed by atoms with Gasteiger partial charge in [-0.3, -0.25) is 14.3 Å². The number of fused-ring (bicyclic) bond motifs is 1. The number of hydrogen-bond donors (Lipinski definition) is 0. The molecule has 0 fully saturated rings. The van der Waals surface area contributed by atoms with E-state index in [1.165, 1.54) is 6.07 Å². The molecule has 2 rings (SSSR count). The highest BCUT2D eigenvalue weighted by molar-refractivity contribution is 7.79. The Kier molecular flexibility index (Phi) is 2.30. The lowest BCUT2D eigenvalue weighted by molar-refractivity contribution is -0.385. The summed E-state index contributed by atoms with van der Waals surface area (Å²) in [4.78, 5) is 10.2. The van der Waals surface area contributed by atoms with E-state index in [4.69, 9.17) is 4.18 Å². The fourth-order valence-electron chi connectivity index (χ4n) is 1.38. The molecule has 0 saturated heterocycles. The molecule has 0 radical (unpaired) electrons. The second-order valence-corrected chi connectivity index (χ2v) is 4.01. The van der Waals surface area contributed by atoms with Gasteiger partial charge in [-0.1, -0.05) is 12.1 Å². The van der Waals surface area contributed by atoms with E-state index >= 15 is 0 Å². The third kappa shape index (κ3) is 1.53. The maximum Gasteiger partial charge on any atom is 0.273 e. The molecule has 6 heteroatoms. The lowest BCUT2D eigenvalue weighted by Crippen LogP contribution is -2.12. The third-order valence-corrected chi connectivity index (χ3v) is 2.96. The van der Waals surface area contributed by atoms with Gasteiger partial charge in [-0.05, 0) is 5.56 Å². The van der Waals surface area contributed by atoms with Crippen molar-refractivity contribution in [2.75, 3.05) is 0 Å². The molecule has 0 N–H and O–H groups in total. The molecule has 1 heterocycles. The van der Waals surface area contributed by atoms with Crippen molar-refractivity contribution in [3.8, 4) is 0 Å². The highest BCUT2D eigenvalue weighted by Crippen LogP contribution is 2.28. The molecule has 1 unspecified atom stereocenters. The van der Waals surface area contributed by atoms with Gasteiger partial charge in [0.1, 0.15) is 0 Å². The molecular weight excluding hydrogens is 206 g/mol. The van der Waals surface area contributed by atoms with E-state index in [9.17, 15) is 14.3 Å². The van der Waals surface area contributed by atoms with E-state index in [0.717, 1.165) is 5.56 Å². The van der Waals surface area contributed by atoms with Crippen LogP contribution < -0.4 is 0 Å². The first-order chi connectivity index (χ1) is 6.68. The van der Waals surface area contributed by atoms with Crippen LogP contribution in [0.4, 0.5) is 5.69 Å². The first kappa shape index (κ1) is 9.29. The van der Waals surface area contributed by atoms with E-state index < -0.39 is 16.0 Å². The predicted molar refractivity (Wildman–Crippen MR) is 49.7 cm³/mol. The summed E-state index contributed by atoms with van der Waals surface area (Å²) in [6.07, 6.45) is 0. The maximum absolute atomic E-state index is 11.1. The molecule has 1 aromatic rings. The predicted octanol–water partition coefficient (Wildman–Crippen LogP) is 1.29. The van der Waals surface area contributed by atoms with Crippen molar-refractivity contribution >= 4 is 16.8 Å². The molecule has 0 aromatic heterocycles. The van der Waals surface area contributed by atoms with Crippen LogP contribution in [0, 0.1) is 10.1 Å². The molecule has 74 valence electrons. The first-order valence-electron chi connectivity index (χ1n) is 3.95. The van der Waals surface area contributed by atoms with Crippen molar-refractivity contribution in [1.82, 2.24) is 0 Å². The molecule has 14 heavy (non-hydrogen) atoms. The van der Waals surface area contributed by atoms with E-state index in [2.05, 4.69) is 0 Å². The van der Waals surface area contributed by atoms with Crippen LogP contribution in [0.25, 0.3) is 0 Å². The van der Waals surface area contributed by atoms with Crippen molar-refractivity contribution in [2.24, 2.45) is 0 Å². The number of nitro groups is 1. The van der Waals surface area contributed by atoms with Gasteiger partial charge >= 0.3 is 0 Å². The number of nitrogens with zero attached hydrogens (tertiary/aromatic N) is 1. The largest absolute Gasteiger partial charge is 0.285 e. The van der Waals surface area contributed by atoms with Crippen LogP contribution in [0.5, 0.6) is 0 Å². The van der Waals surface area contributed by atoms with Gasteiger partial charge in [0.05, 0.1) is 22.8 Å². The summed E-state index contributed by atoms with van der Waals surface area (Å²) in [6.45, 7) is 0.184. The summed E-state index contributed by atoms with van der Waals surface area (Å²) in [5.41, 5.74) is 1.31. The van der Waals surface area contributed by atoms with Gasteiger partial charge in [-0.2, -0.15) is 0 Å². The molecule has 1 aliphatic rings. The fourth-order valence-corrected chi connectivity index (χ4v) is 2.29. The zero-order chi connectivity index (χ0) is 10.1. The van der Waals surface area contributed by atoms with Crippen molar-refractivity contribution in [2.45, 2.75) is 12.4 Å². The van der Waals surface area contributed by atoms with Crippen LogP contribution in [0.3, 0.4) is 0 Å². The summed E-state index contributed by atoms with van der Waals surface area (Å²) in [6, 6.07) is 4.77. The Balaban J connectivity index is 2.54. The van der Waals surface area contributed by atoms with Gasteiger partial charge in [0.25, 0.3) is 5.69 Å². The minimum Gasteiger partial charge on any atom is -0.285 e. The molecule has 0 amide bonds. The summed E-state index contributed by atoms with van der Waals surface area (Å²) in [5.74, 6) is 0.104. The number of benzene rings is 1. The fraction of sp³-hybridized carbons (Fsp3) is 0.250. The quantitative estimate of drug-likeness (QED) is 0.520. The highest BCUT2D eigenvalue weighted by Gasteiger charge is 2.23. The number of rotatable bonds is 1. The van der Waals surface area contributed by atoms with E-state index in [0.29, 0.717) is 5.56 Å². The van der Waals surface area contributed by atoms with Gasteiger partial charge in [0.15, 0.2) is 11.1 Å². The van der Waals surface area contributed by atoms with Crippen LogP contribution in [-0.4, -0.2) is 9.13 Å². The Labute approximate surface area is 82.5 Å². The van der Waals surface area contributed by atoms with Gasteiger partial charge < -0.3 is 0 Å². The van der Waals surface area contributed by atoms with Crippen LogP contribution in [-0.2, 0) is 27.6 Å². The van der Waals surface area contributed by atoms with Crippen molar-refractivity contribution < 1.29 is 13.3 Å². The van der Waals surface area contributed by atoms with Crippen LogP contribution >= 0.6 is 0 Å². The van der Waals surface area contributed by atoms with Crippen molar-refractivity contribution in [1.29, 1.82) is 0 Å². The molecule has 1 atom stereocenters. The second-order valence-electron chi connectivity index (χ2n) is 2.88. The van der Waals surface area contributed by atoms with E-state index in [-0.39, 0.29) is 18.0 Å². The van der Waals surface area contributed by atoms with Gasteiger partial charge in [-0.15, -0.1) is 0 Å². The Hall–Kier alpha value is -1.27. The van der Waals surface area contributed by atoms with E-state index in [1.807, 2.05) is 0 Å². The van der Waals surface area contributed by atoms with Gasteiger partial charge in [-0.25, -0.2) is 4.21 Å². The molecular formula is C8H7NO4S. The SMILES string of the molecule is O=[N+]([O-])c1cccc2c1CS(=O)OC2. The average molecular weight is 213 g/mol. The Morgan fingerprint density at radius 3 is 3.00 bits per heavy atom. The van der Waals surface area contributed by atoms with Crippen molar-refractivity contribution in [3.05, 3.63) is 39.4 Å². The topological polar surface area (TPSA) is 69.4 Å². The number of nitro benzene ring substituents is 1. The summed E-state index contributed by atoms with van der Waals surface area (Å²) >= 11 is -1.43. The minimum atomic E-state index is -1.43. The molecule has 0 aliphatic carbocycles. The maximum atomic E-state index is 11.1. The molecule has 0 saturated carbocycles. The molecule has 0 spiro atoms. The lowest BCUT2D eigenvalue weighted by atomic mass is 10.1. The van der Waals surface area contributed by atoms with Crippen LogP contribution in [0.1, 0.15) is 11.1 Å². The summed E-state index contributed by atoms with van der Waals surface area (Å²) in [5, 5.41) is 10.6.